The van der Waals surface area contributed by atoms with Crippen LogP contribution in [0.3, 0.4) is 0 Å². The van der Waals surface area contributed by atoms with E-state index in [0.29, 0.717) is 23.7 Å². The van der Waals surface area contributed by atoms with Gasteiger partial charge in [0.2, 0.25) is 5.82 Å². The van der Waals surface area contributed by atoms with E-state index < -0.39 is 5.91 Å². The first-order valence-corrected chi connectivity index (χ1v) is 10.0. The summed E-state index contributed by atoms with van der Waals surface area (Å²) in [6.07, 6.45) is 1.45. The molecule has 0 unspecified atom stereocenters. The summed E-state index contributed by atoms with van der Waals surface area (Å²) in [7, 11) is 0. The number of hydrazone groups is 1. The van der Waals surface area contributed by atoms with E-state index in [1.54, 1.807) is 16.8 Å². The summed E-state index contributed by atoms with van der Waals surface area (Å²) in [5.41, 5.74) is 4.72. The fraction of sp³-hybridized carbons (Fsp3) is 0.0833. The SMILES string of the molecule is CCOc1cc(/C=N/NC(=O)c2nc(-c3ccccc3)n(-c3ccccc3)n2)ccc1O. The number of phenolic OH excluding ortho intramolecular Hbond substituents is 1. The van der Waals surface area contributed by atoms with Gasteiger partial charge in [0.1, 0.15) is 0 Å². The van der Waals surface area contributed by atoms with Crippen LogP contribution in [0.15, 0.2) is 84.0 Å². The van der Waals surface area contributed by atoms with Gasteiger partial charge in [0.25, 0.3) is 0 Å². The summed E-state index contributed by atoms with van der Waals surface area (Å²) >= 11 is 0. The van der Waals surface area contributed by atoms with Gasteiger partial charge < -0.3 is 9.84 Å². The second kappa shape index (κ2) is 9.57. The van der Waals surface area contributed by atoms with Gasteiger partial charge in [-0.05, 0) is 42.8 Å². The van der Waals surface area contributed by atoms with E-state index in [4.69, 9.17) is 4.74 Å². The van der Waals surface area contributed by atoms with Gasteiger partial charge in [0, 0.05) is 5.56 Å². The Morgan fingerprint density at radius 3 is 2.53 bits per heavy atom. The lowest BCUT2D eigenvalue weighted by atomic mass is 10.2. The fourth-order valence-corrected chi connectivity index (χ4v) is 3.03. The Labute approximate surface area is 184 Å². The molecule has 1 heterocycles. The number of carbonyl (C=O) groups excluding carboxylic acids is 1. The highest BCUT2D eigenvalue weighted by Gasteiger charge is 2.18. The molecule has 0 radical (unpaired) electrons. The Hall–Kier alpha value is -4.46. The van der Waals surface area contributed by atoms with Crippen molar-refractivity contribution in [2.24, 2.45) is 5.10 Å². The molecule has 4 aromatic rings. The van der Waals surface area contributed by atoms with E-state index in [1.807, 2.05) is 67.6 Å². The van der Waals surface area contributed by atoms with Crippen LogP contribution in [0.2, 0.25) is 0 Å². The van der Waals surface area contributed by atoms with Crippen LogP contribution in [0.1, 0.15) is 23.1 Å². The minimum atomic E-state index is -0.545. The van der Waals surface area contributed by atoms with Crippen molar-refractivity contribution in [1.82, 2.24) is 20.2 Å². The van der Waals surface area contributed by atoms with Crippen molar-refractivity contribution in [3.8, 4) is 28.6 Å². The number of nitrogens with zero attached hydrogens (tertiary/aromatic N) is 4. The maximum Gasteiger partial charge on any atom is 0.311 e. The maximum absolute atomic E-state index is 12.7. The van der Waals surface area contributed by atoms with Crippen molar-refractivity contribution >= 4 is 12.1 Å². The molecule has 4 rings (SSSR count). The van der Waals surface area contributed by atoms with E-state index in [2.05, 4.69) is 20.6 Å². The lowest BCUT2D eigenvalue weighted by Crippen LogP contribution is -2.19. The molecule has 0 atom stereocenters. The highest BCUT2D eigenvalue weighted by atomic mass is 16.5. The van der Waals surface area contributed by atoms with Crippen LogP contribution in [-0.4, -0.2) is 38.6 Å². The van der Waals surface area contributed by atoms with E-state index in [9.17, 15) is 9.90 Å². The van der Waals surface area contributed by atoms with Gasteiger partial charge in [0.15, 0.2) is 17.3 Å². The van der Waals surface area contributed by atoms with Gasteiger partial charge in [-0.2, -0.15) is 5.10 Å². The molecule has 8 heteroatoms. The van der Waals surface area contributed by atoms with Crippen LogP contribution in [0.25, 0.3) is 17.1 Å². The molecular weight excluding hydrogens is 406 g/mol. The molecule has 1 aromatic heterocycles. The molecule has 0 aliphatic carbocycles. The Kier molecular flexibility index (Phi) is 6.22. The number of para-hydroxylation sites is 1. The van der Waals surface area contributed by atoms with Crippen LogP contribution < -0.4 is 10.2 Å². The van der Waals surface area contributed by atoms with E-state index in [-0.39, 0.29) is 11.6 Å². The van der Waals surface area contributed by atoms with Crippen molar-refractivity contribution in [3.63, 3.8) is 0 Å². The van der Waals surface area contributed by atoms with Crippen molar-refractivity contribution < 1.29 is 14.6 Å². The molecule has 0 spiro atoms. The molecule has 0 saturated carbocycles. The summed E-state index contributed by atoms with van der Waals surface area (Å²) in [6.45, 7) is 2.25. The third-order valence-corrected chi connectivity index (χ3v) is 4.51. The number of carbonyl (C=O) groups is 1. The predicted octanol–water partition coefficient (Wildman–Crippen LogP) is 3.80. The minimum absolute atomic E-state index is 0.00873. The highest BCUT2D eigenvalue weighted by Crippen LogP contribution is 2.26. The number of aromatic hydroxyl groups is 1. The summed E-state index contributed by atoms with van der Waals surface area (Å²) < 4.78 is 6.98. The number of benzene rings is 3. The second-order valence-electron chi connectivity index (χ2n) is 6.73. The molecule has 0 aliphatic heterocycles. The Balaban J connectivity index is 1.57. The van der Waals surface area contributed by atoms with Gasteiger partial charge in [-0.15, -0.1) is 5.10 Å². The van der Waals surface area contributed by atoms with Gasteiger partial charge in [-0.3, -0.25) is 4.79 Å². The number of nitrogens with one attached hydrogen (secondary N) is 1. The van der Waals surface area contributed by atoms with Crippen LogP contribution in [0.5, 0.6) is 11.5 Å². The zero-order valence-electron chi connectivity index (χ0n) is 17.3. The summed E-state index contributed by atoms with van der Waals surface area (Å²) in [5, 5.41) is 18.2. The maximum atomic E-state index is 12.7. The second-order valence-corrected chi connectivity index (χ2v) is 6.73. The van der Waals surface area contributed by atoms with Gasteiger partial charge >= 0.3 is 5.91 Å². The first-order valence-electron chi connectivity index (χ1n) is 10.0. The predicted molar refractivity (Wildman–Crippen MR) is 121 cm³/mol. The smallest absolute Gasteiger partial charge is 0.311 e. The van der Waals surface area contributed by atoms with Crippen molar-refractivity contribution in [2.45, 2.75) is 6.92 Å². The lowest BCUT2D eigenvalue weighted by Gasteiger charge is -2.05. The largest absolute Gasteiger partial charge is 0.504 e. The van der Waals surface area contributed by atoms with Gasteiger partial charge in [0.05, 0.1) is 18.5 Å². The average Bonchev–Trinajstić information content (AvgIpc) is 3.28. The Morgan fingerprint density at radius 2 is 1.81 bits per heavy atom. The molecule has 0 saturated heterocycles. The summed E-state index contributed by atoms with van der Waals surface area (Å²) in [4.78, 5) is 17.1. The van der Waals surface area contributed by atoms with Crippen LogP contribution in [0.4, 0.5) is 0 Å². The zero-order chi connectivity index (χ0) is 22.3. The van der Waals surface area contributed by atoms with Crippen molar-refractivity contribution in [2.75, 3.05) is 6.61 Å². The third-order valence-electron chi connectivity index (χ3n) is 4.51. The topological polar surface area (TPSA) is 102 Å². The number of hydrogen-bond donors (Lipinski definition) is 2. The summed E-state index contributed by atoms with van der Waals surface area (Å²) in [6, 6.07) is 23.8. The number of phenols is 1. The molecule has 0 aliphatic rings. The van der Waals surface area contributed by atoms with E-state index >= 15 is 0 Å². The zero-order valence-corrected chi connectivity index (χ0v) is 17.3. The third kappa shape index (κ3) is 4.65. The highest BCUT2D eigenvalue weighted by molar-refractivity contribution is 5.92. The Morgan fingerprint density at radius 1 is 1.09 bits per heavy atom. The fourth-order valence-electron chi connectivity index (χ4n) is 3.03. The number of rotatable bonds is 7. The van der Waals surface area contributed by atoms with Gasteiger partial charge in [-0.1, -0.05) is 48.5 Å². The molecule has 0 fully saturated rings. The Bertz CT molecular complexity index is 1180. The number of aromatic nitrogens is 3. The molecule has 8 nitrogen and oxygen atoms in total. The standard InChI is InChI=1S/C24H21N5O3/c1-2-32-21-15-17(13-14-20(21)30)16-25-27-24(31)22-26-23(18-9-5-3-6-10-18)29(28-22)19-11-7-4-8-12-19/h3-16,30H,2H2,1H3,(H,27,31)/b25-16+. The summed E-state index contributed by atoms with van der Waals surface area (Å²) in [5.74, 6) is 0.379. The molecule has 32 heavy (non-hydrogen) atoms. The molecule has 3 aromatic carbocycles. The average molecular weight is 427 g/mol. The number of ether oxygens (including phenoxy) is 1. The number of hydrogen-bond acceptors (Lipinski definition) is 6. The van der Waals surface area contributed by atoms with E-state index in [1.165, 1.54) is 12.3 Å². The lowest BCUT2D eigenvalue weighted by molar-refractivity contribution is 0.0945. The van der Waals surface area contributed by atoms with Gasteiger partial charge in [-0.25, -0.2) is 15.1 Å². The first-order chi connectivity index (χ1) is 15.7. The molecule has 160 valence electrons. The first kappa shape index (κ1) is 20.8. The number of amides is 1. The minimum Gasteiger partial charge on any atom is -0.504 e. The van der Waals surface area contributed by atoms with Crippen LogP contribution in [0, 0.1) is 0 Å². The normalized spacial score (nSPS) is 10.9. The van der Waals surface area contributed by atoms with Crippen molar-refractivity contribution in [1.29, 1.82) is 0 Å². The van der Waals surface area contributed by atoms with Crippen molar-refractivity contribution in [3.05, 3.63) is 90.3 Å². The van der Waals surface area contributed by atoms with Crippen LogP contribution >= 0.6 is 0 Å². The molecule has 2 N–H and O–H groups in total. The monoisotopic (exact) mass is 427 g/mol. The quantitative estimate of drug-likeness (QED) is 0.345. The molecule has 0 bridgehead atoms. The van der Waals surface area contributed by atoms with E-state index in [0.717, 1.165) is 11.3 Å². The van der Waals surface area contributed by atoms with Crippen LogP contribution in [-0.2, 0) is 0 Å². The molecule has 1 amide bonds. The molecular formula is C24H21N5O3.